The SMILES string of the molecule is CC(C)c1cc(Br)ccc1OCC(=O)NNC(=O)C1CCCCC1. The zero-order valence-electron chi connectivity index (χ0n) is 14.2. The molecular weight excluding hydrogens is 372 g/mol. The van der Waals surface area contributed by atoms with E-state index in [0.717, 1.165) is 35.7 Å². The van der Waals surface area contributed by atoms with Gasteiger partial charge < -0.3 is 4.74 Å². The monoisotopic (exact) mass is 396 g/mol. The molecule has 0 saturated heterocycles. The Balaban J connectivity index is 1.80. The number of benzene rings is 1. The topological polar surface area (TPSA) is 67.4 Å². The van der Waals surface area contributed by atoms with Crippen LogP contribution in [0.5, 0.6) is 5.75 Å². The lowest BCUT2D eigenvalue weighted by molar-refractivity contribution is -0.132. The first-order valence-corrected chi connectivity index (χ1v) is 9.27. The maximum atomic E-state index is 12.0. The number of rotatable bonds is 5. The number of carbonyl (C=O) groups is 2. The maximum absolute atomic E-state index is 12.0. The van der Waals surface area contributed by atoms with E-state index in [1.165, 1.54) is 6.42 Å². The minimum absolute atomic E-state index is 0.0129. The van der Waals surface area contributed by atoms with Crippen molar-refractivity contribution in [1.29, 1.82) is 0 Å². The molecule has 1 aliphatic rings. The maximum Gasteiger partial charge on any atom is 0.276 e. The van der Waals surface area contributed by atoms with Crippen molar-refractivity contribution in [2.45, 2.75) is 51.9 Å². The van der Waals surface area contributed by atoms with E-state index in [1.807, 2.05) is 18.2 Å². The molecule has 6 heteroatoms. The molecule has 0 unspecified atom stereocenters. The van der Waals surface area contributed by atoms with Crippen LogP contribution in [0.3, 0.4) is 0 Å². The van der Waals surface area contributed by atoms with E-state index in [2.05, 4.69) is 40.6 Å². The highest BCUT2D eigenvalue weighted by Crippen LogP contribution is 2.29. The molecule has 2 rings (SSSR count). The third-order valence-electron chi connectivity index (χ3n) is 4.25. The van der Waals surface area contributed by atoms with Crippen LogP contribution in [0.1, 0.15) is 57.4 Å². The molecule has 1 aliphatic carbocycles. The van der Waals surface area contributed by atoms with Crippen molar-refractivity contribution in [3.05, 3.63) is 28.2 Å². The number of hydrogen-bond donors (Lipinski definition) is 2. The molecule has 0 atom stereocenters. The van der Waals surface area contributed by atoms with Crippen molar-refractivity contribution in [2.75, 3.05) is 6.61 Å². The first-order chi connectivity index (χ1) is 11.5. The highest BCUT2D eigenvalue weighted by molar-refractivity contribution is 9.10. The van der Waals surface area contributed by atoms with Crippen LogP contribution < -0.4 is 15.6 Å². The number of ether oxygens (including phenoxy) is 1. The van der Waals surface area contributed by atoms with Crippen molar-refractivity contribution < 1.29 is 14.3 Å². The largest absolute Gasteiger partial charge is 0.483 e. The lowest BCUT2D eigenvalue weighted by atomic mass is 9.89. The van der Waals surface area contributed by atoms with Gasteiger partial charge in [0.05, 0.1) is 0 Å². The molecule has 1 fully saturated rings. The molecule has 0 radical (unpaired) electrons. The first-order valence-electron chi connectivity index (χ1n) is 8.48. The predicted octanol–water partition coefficient (Wildman–Crippen LogP) is 3.68. The van der Waals surface area contributed by atoms with Crippen molar-refractivity contribution in [3.8, 4) is 5.75 Å². The zero-order valence-corrected chi connectivity index (χ0v) is 15.8. The number of hydrogen-bond acceptors (Lipinski definition) is 3. The highest BCUT2D eigenvalue weighted by Gasteiger charge is 2.21. The molecule has 0 spiro atoms. The summed E-state index contributed by atoms with van der Waals surface area (Å²) in [6.45, 7) is 4.00. The summed E-state index contributed by atoms with van der Waals surface area (Å²) >= 11 is 3.44. The van der Waals surface area contributed by atoms with Gasteiger partial charge in [-0.1, -0.05) is 49.0 Å². The van der Waals surface area contributed by atoms with Gasteiger partial charge in [-0.05, 0) is 42.5 Å². The quantitative estimate of drug-likeness (QED) is 0.745. The van der Waals surface area contributed by atoms with Gasteiger partial charge in [0.15, 0.2) is 6.61 Å². The third-order valence-corrected chi connectivity index (χ3v) is 4.75. The van der Waals surface area contributed by atoms with E-state index in [4.69, 9.17) is 4.74 Å². The van der Waals surface area contributed by atoms with Crippen LogP contribution in [0.4, 0.5) is 0 Å². The van der Waals surface area contributed by atoms with Gasteiger partial charge in [-0.25, -0.2) is 0 Å². The van der Waals surface area contributed by atoms with Crippen LogP contribution in [0.15, 0.2) is 22.7 Å². The summed E-state index contributed by atoms with van der Waals surface area (Å²) in [4.78, 5) is 23.9. The van der Waals surface area contributed by atoms with Gasteiger partial charge in [0, 0.05) is 10.4 Å². The Bertz CT molecular complexity index is 584. The van der Waals surface area contributed by atoms with Gasteiger partial charge in [0.2, 0.25) is 5.91 Å². The van der Waals surface area contributed by atoms with Crippen molar-refractivity contribution in [3.63, 3.8) is 0 Å². The molecular formula is C18H25BrN2O3. The zero-order chi connectivity index (χ0) is 17.5. The number of amides is 2. The number of halogens is 1. The van der Waals surface area contributed by atoms with E-state index in [-0.39, 0.29) is 30.3 Å². The molecule has 1 aromatic carbocycles. The second-order valence-corrected chi connectivity index (χ2v) is 7.41. The Morgan fingerprint density at radius 1 is 1.21 bits per heavy atom. The summed E-state index contributed by atoms with van der Waals surface area (Å²) in [5.41, 5.74) is 5.98. The smallest absolute Gasteiger partial charge is 0.276 e. The van der Waals surface area contributed by atoms with Crippen molar-refractivity contribution in [2.24, 2.45) is 5.92 Å². The molecule has 132 valence electrons. The standard InChI is InChI=1S/C18H25BrN2O3/c1-12(2)15-10-14(19)8-9-16(15)24-11-17(22)20-21-18(23)13-6-4-3-5-7-13/h8-10,12-13H,3-7,11H2,1-2H3,(H,20,22)(H,21,23). The summed E-state index contributed by atoms with van der Waals surface area (Å²) in [5, 5.41) is 0. The summed E-state index contributed by atoms with van der Waals surface area (Å²) in [6.07, 6.45) is 5.15. The van der Waals surface area contributed by atoms with Crippen LogP contribution in [-0.2, 0) is 9.59 Å². The molecule has 0 bridgehead atoms. The van der Waals surface area contributed by atoms with Gasteiger partial charge in [-0.3, -0.25) is 20.4 Å². The first kappa shape index (κ1) is 18.8. The average molecular weight is 397 g/mol. The van der Waals surface area contributed by atoms with Crippen molar-refractivity contribution in [1.82, 2.24) is 10.9 Å². The highest BCUT2D eigenvalue weighted by atomic mass is 79.9. The lowest BCUT2D eigenvalue weighted by Gasteiger charge is -2.21. The van der Waals surface area contributed by atoms with Gasteiger partial charge >= 0.3 is 0 Å². The van der Waals surface area contributed by atoms with E-state index in [1.54, 1.807) is 0 Å². The molecule has 1 saturated carbocycles. The normalized spacial score (nSPS) is 15.2. The van der Waals surface area contributed by atoms with Crippen LogP contribution in [0.2, 0.25) is 0 Å². The Morgan fingerprint density at radius 2 is 1.92 bits per heavy atom. The van der Waals surface area contributed by atoms with Crippen molar-refractivity contribution >= 4 is 27.7 Å². The molecule has 0 aliphatic heterocycles. The number of nitrogens with one attached hydrogen (secondary N) is 2. The second-order valence-electron chi connectivity index (χ2n) is 6.50. The third kappa shape index (κ3) is 5.51. The molecule has 0 aromatic heterocycles. The average Bonchev–Trinajstić information content (AvgIpc) is 2.59. The predicted molar refractivity (Wildman–Crippen MR) is 96.6 cm³/mol. The van der Waals surface area contributed by atoms with Gasteiger partial charge in [0.1, 0.15) is 5.75 Å². The fourth-order valence-corrected chi connectivity index (χ4v) is 3.26. The summed E-state index contributed by atoms with van der Waals surface area (Å²) < 4.78 is 6.58. The van der Waals surface area contributed by atoms with Crippen LogP contribution >= 0.6 is 15.9 Å². The molecule has 1 aromatic rings. The molecule has 2 amide bonds. The van der Waals surface area contributed by atoms with E-state index in [0.29, 0.717) is 5.75 Å². The Hall–Kier alpha value is -1.56. The summed E-state index contributed by atoms with van der Waals surface area (Å²) in [5.74, 6) is 0.513. The van der Waals surface area contributed by atoms with E-state index >= 15 is 0 Å². The second kappa shape index (κ2) is 9.06. The fraction of sp³-hybridized carbons (Fsp3) is 0.556. The van der Waals surface area contributed by atoms with Gasteiger partial charge in [0.25, 0.3) is 5.91 Å². The van der Waals surface area contributed by atoms with Gasteiger partial charge in [-0.2, -0.15) is 0 Å². The summed E-state index contributed by atoms with van der Waals surface area (Å²) in [6, 6.07) is 5.71. The van der Waals surface area contributed by atoms with Crippen LogP contribution in [-0.4, -0.2) is 18.4 Å². The minimum atomic E-state index is -0.364. The molecule has 2 N–H and O–H groups in total. The van der Waals surface area contributed by atoms with E-state index in [9.17, 15) is 9.59 Å². The van der Waals surface area contributed by atoms with Crippen LogP contribution in [0, 0.1) is 5.92 Å². The minimum Gasteiger partial charge on any atom is -0.483 e. The summed E-state index contributed by atoms with van der Waals surface area (Å²) in [7, 11) is 0. The fourth-order valence-electron chi connectivity index (χ4n) is 2.88. The Kier molecular flexibility index (Phi) is 7.09. The lowest BCUT2D eigenvalue weighted by Crippen LogP contribution is -2.46. The molecule has 5 nitrogen and oxygen atoms in total. The van der Waals surface area contributed by atoms with Gasteiger partial charge in [-0.15, -0.1) is 0 Å². The Morgan fingerprint density at radius 3 is 2.58 bits per heavy atom. The Labute approximate surface area is 151 Å². The molecule has 0 heterocycles. The van der Waals surface area contributed by atoms with Crippen LogP contribution in [0.25, 0.3) is 0 Å². The van der Waals surface area contributed by atoms with E-state index < -0.39 is 0 Å². The molecule has 24 heavy (non-hydrogen) atoms. The number of hydrazine groups is 1. The number of carbonyl (C=O) groups excluding carboxylic acids is 2.